The van der Waals surface area contributed by atoms with Crippen molar-refractivity contribution in [1.29, 1.82) is 0 Å². The van der Waals surface area contributed by atoms with E-state index >= 15 is 0 Å². The second kappa shape index (κ2) is 11.2. The summed E-state index contributed by atoms with van der Waals surface area (Å²) >= 11 is 1.45. The van der Waals surface area contributed by atoms with E-state index in [0.717, 1.165) is 17.1 Å². The number of amides is 1. The Balaban J connectivity index is 1.23. The third-order valence-corrected chi connectivity index (χ3v) is 6.50. The van der Waals surface area contributed by atoms with E-state index in [0.29, 0.717) is 43.0 Å². The molecule has 2 aromatic heterocycles. The van der Waals surface area contributed by atoms with Gasteiger partial charge in [0.15, 0.2) is 24.2 Å². The van der Waals surface area contributed by atoms with Crippen LogP contribution in [0, 0.1) is 13.8 Å². The number of fused-ring (bicyclic) bond motifs is 1. The molecule has 1 N–H and O–H groups in total. The monoisotopic (exact) mass is 496 g/mol. The normalized spacial score (nSPS) is 14.4. The Morgan fingerprint density at radius 2 is 1.97 bits per heavy atom. The van der Waals surface area contributed by atoms with Crippen molar-refractivity contribution < 1.29 is 28.6 Å². The third kappa shape index (κ3) is 6.10. The van der Waals surface area contributed by atoms with Gasteiger partial charge < -0.3 is 24.1 Å². The van der Waals surface area contributed by atoms with Crippen LogP contribution in [-0.2, 0) is 16.1 Å². The lowest BCUT2D eigenvalue weighted by molar-refractivity contribution is -0.142. The number of aryl methyl sites for hydroxylation is 1. The van der Waals surface area contributed by atoms with Gasteiger partial charge in [0.25, 0.3) is 5.91 Å². The molecule has 184 valence electrons. The first-order valence-electron chi connectivity index (χ1n) is 11.5. The molecule has 0 spiro atoms. The van der Waals surface area contributed by atoms with Crippen molar-refractivity contribution in [1.82, 2.24) is 9.88 Å². The second-order valence-electron chi connectivity index (χ2n) is 8.35. The second-order valence-corrected chi connectivity index (χ2v) is 9.13. The summed E-state index contributed by atoms with van der Waals surface area (Å²) in [4.78, 5) is 36.7. The van der Waals surface area contributed by atoms with Crippen LogP contribution in [0.3, 0.4) is 0 Å². The molecule has 1 aliphatic heterocycles. The van der Waals surface area contributed by atoms with E-state index in [1.807, 2.05) is 54.1 Å². The zero-order valence-electron chi connectivity index (χ0n) is 19.7. The highest BCUT2D eigenvalue weighted by molar-refractivity contribution is 7.08. The van der Waals surface area contributed by atoms with Crippen LogP contribution in [0.25, 0.3) is 0 Å². The van der Waals surface area contributed by atoms with Gasteiger partial charge in [-0.15, -0.1) is 0 Å². The molecule has 0 fully saturated rings. The van der Waals surface area contributed by atoms with Gasteiger partial charge in [0.05, 0.1) is 6.54 Å². The molecule has 0 saturated carbocycles. The Morgan fingerprint density at radius 3 is 2.74 bits per heavy atom. The highest BCUT2D eigenvalue weighted by Gasteiger charge is 2.24. The standard InChI is InChI=1S/C26H28N2O6S/c1-17-12-21(18(2)28(17)13-20-14-32-23-6-3-4-7-24(23)34-20)22(29)15-33-25(30)8-5-10-27-26(31)19-9-11-35-16-19/h3-4,6-7,9,11-12,16,20H,5,8,10,13-15H2,1-2H3,(H,27,31). The number of nitrogens with one attached hydrogen (secondary N) is 1. The van der Waals surface area contributed by atoms with Crippen LogP contribution in [0.15, 0.2) is 47.2 Å². The molecule has 1 amide bonds. The van der Waals surface area contributed by atoms with Gasteiger partial charge in [-0.3, -0.25) is 14.4 Å². The summed E-state index contributed by atoms with van der Waals surface area (Å²) in [7, 11) is 0. The van der Waals surface area contributed by atoms with Crippen molar-refractivity contribution in [2.45, 2.75) is 39.3 Å². The number of rotatable bonds is 10. The molecule has 0 aliphatic carbocycles. The maximum atomic E-state index is 12.7. The van der Waals surface area contributed by atoms with E-state index in [1.54, 1.807) is 11.4 Å². The Bertz CT molecular complexity index is 1200. The number of benzene rings is 1. The van der Waals surface area contributed by atoms with Gasteiger partial charge in [0.1, 0.15) is 6.61 Å². The molecule has 3 aromatic rings. The number of carbonyl (C=O) groups is 3. The molecule has 0 bridgehead atoms. The van der Waals surface area contributed by atoms with E-state index in [2.05, 4.69) is 5.32 Å². The Hall–Kier alpha value is -3.59. The van der Waals surface area contributed by atoms with Gasteiger partial charge in [-0.1, -0.05) is 12.1 Å². The highest BCUT2D eigenvalue weighted by atomic mass is 32.1. The number of ether oxygens (including phenoxy) is 3. The molecule has 9 heteroatoms. The summed E-state index contributed by atoms with van der Waals surface area (Å²) in [6, 6.07) is 11.1. The minimum Gasteiger partial charge on any atom is -0.486 e. The van der Waals surface area contributed by atoms with Crippen LogP contribution in [0.5, 0.6) is 11.5 Å². The van der Waals surface area contributed by atoms with E-state index < -0.39 is 5.97 Å². The quantitative estimate of drug-likeness (QED) is 0.260. The first-order chi connectivity index (χ1) is 16.9. The fraction of sp³-hybridized carbons (Fsp3) is 0.346. The highest BCUT2D eigenvalue weighted by Crippen LogP contribution is 2.31. The van der Waals surface area contributed by atoms with Crippen LogP contribution in [-0.4, -0.2) is 48.1 Å². The number of hydrogen-bond acceptors (Lipinski definition) is 7. The SMILES string of the molecule is Cc1cc(C(=O)COC(=O)CCCNC(=O)c2ccsc2)c(C)n1CC1COc2ccccc2O1. The first kappa shape index (κ1) is 24.5. The number of thiophene rings is 1. The Kier molecular flexibility index (Phi) is 7.87. The van der Waals surface area contributed by atoms with Crippen molar-refractivity contribution in [2.75, 3.05) is 19.8 Å². The van der Waals surface area contributed by atoms with E-state index in [9.17, 15) is 14.4 Å². The summed E-state index contributed by atoms with van der Waals surface area (Å²) in [6.07, 6.45) is 0.372. The molecule has 0 radical (unpaired) electrons. The third-order valence-electron chi connectivity index (χ3n) is 5.82. The van der Waals surface area contributed by atoms with Gasteiger partial charge >= 0.3 is 5.97 Å². The molecule has 8 nitrogen and oxygen atoms in total. The summed E-state index contributed by atoms with van der Waals surface area (Å²) in [6.45, 7) is 4.80. The van der Waals surface area contributed by atoms with Gasteiger partial charge in [0.2, 0.25) is 5.78 Å². The van der Waals surface area contributed by atoms with Crippen LogP contribution in [0.2, 0.25) is 0 Å². The molecule has 4 rings (SSSR count). The van der Waals surface area contributed by atoms with Gasteiger partial charge in [0, 0.05) is 40.9 Å². The average Bonchev–Trinajstić information content (AvgIpc) is 3.50. The van der Waals surface area contributed by atoms with Crippen molar-refractivity contribution in [2.24, 2.45) is 0 Å². The zero-order valence-corrected chi connectivity index (χ0v) is 20.6. The maximum absolute atomic E-state index is 12.7. The largest absolute Gasteiger partial charge is 0.486 e. The number of nitrogens with zero attached hydrogens (tertiary/aromatic N) is 1. The molecule has 1 aliphatic rings. The first-order valence-corrected chi connectivity index (χ1v) is 12.4. The number of Topliss-reactive ketones (excluding diaryl/α,β-unsaturated/α-hetero) is 1. The summed E-state index contributed by atoms with van der Waals surface area (Å²) < 4.78 is 19.0. The molecular formula is C26H28N2O6S. The lowest BCUT2D eigenvalue weighted by atomic mass is 10.1. The molecule has 0 saturated heterocycles. The smallest absolute Gasteiger partial charge is 0.306 e. The molecule has 35 heavy (non-hydrogen) atoms. The van der Waals surface area contributed by atoms with E-state index in [-0.39, 0.29) is 30.8 Å². The van der Waals surface area contributed by atoms with Gasteiger partial charge in [-0.05, 0) is 49.9 Å². The lowest BCUT2D eigenvalue weighted by Crippen LogP contribution is -2.33. The van der Waals surface area contributed by atoms with Crippen molar-refractivity contribution in [3.05, 3.63) is 69.7 Å². The van der Waals surface area contributed by atoms with Crippen LogP contribution in [0.4, 0.5) is 0 Å². The number of aromatic nitrogens is 1. The Morgan fingerprint density at radius 1 is 1.17 bits per heavy atom. The fourth-order valence-electron chi connectivity index (χ4n) is 3.95. The predicted octanol–water partition coefficient (Wildman–Crippen LogP) is 3.94. The number of para-hydroxylation sites is 2. The predicted molar refractivity (Wildman–Crippen MR) is 131 cm³/mol. The minimum atomic E-state index is -0.469. The molecule has 3 heterocycles. The van der Waals surface area contributed by atoms with E-state index in [1.165, 1.54) is 11.3 Å². The summed E-state index contributed by atoms with van der Waals surface area (Å²) in [5.41, 5.74) is 2.84. The zero-order chi connectivity index (χ0) is 24.8. The number of esters is 1. The molecule has 1 aromatic carbocycles. The van der Waals surface area contributed by atoms with Crippen LogP contribution >= 0.6 is 11.3 Å². The van der Waals surface area contributed by atoms with Crippen LogP contribution in [0.1, 0.15) is 44.9 Å². The minimum absolute atomic E-state index is 0.122. The fourth-order valence-corrected chi connectivity index (χ4v) is 4.58. The topological polar surface area (TPSA) is 95.9 Å². The lowest BCUT2D eigenvalue weighted by Gasteiger charge is -2.27. The van der Waals surface area contributed by atoms with Gasteiger partial charge in [-0.25, -0.2) is 0 Å². The van der Waals surface area contributed by atoms with Crippen molar-refractivity contribution in [3.8, 4) is 11.5 Å². The van der Waals surface area contributed by atoms with Crippen molar-refractivity contribution >= 4 is 29.0 Å². The number of carbonyl (C=O) groups excluding carboxylic acids is 3. The number of hydrogen-bond donors (Lipinski definition) is 1. The summed E-state index contributed by atoms with van der Waals surface area (Å²) in [5.74, 6) is 0.546. The molecule has 1 unspecified atom stereocenters. The maximum Gasteiger partial charge on any atom is 0.306 e. The average molecular weight is 497 g/mol. The Labute approximate surface area is 207 Å². The van der Waals surface area contributed by atoms with E-state index in [4.69, 9.17) is 14.2 Å². The van der Waals surface area contributed by atoms with Crippen LogP contribution < -0.4 is 14.8 Å². The summed E-state index contributed by atoms with van der Waals surface area (Å²) in [5, 5.41) is 6.35. The molecule has 1 atom stereocenters. The van der Waals surface area contributed by atoms with Gasteiger partial charge in [-0.2, -0.15) is 11.3 Å². The molecular weight excluding hydrogens is 468 g/mol. The number of ketones is 1. The van der Waals surface area contributed by atoms with Crippen molar-refractivity contribution in [3.63, 3.8) is 0 Å².